The number of hydrogen-bond donors (Lipinski definition) is 0. The lowest BCUT2D eigenvalue weighted by molar-refractivity contribution is -0.140. The summed E-state index contributed by atoms with van der Waals surface area (Å²) in [5.41, 5.74) is 0. The molecule has 0 bridgehead atoms. The number of rotatable bonds is 5. The zero-order valence-electron chi connectivity index (χ0n) is 15.6. The maximum absolute atomic E-state index is 12.6. The third kappa shape index (κ3) is 3.69. The molecule has 0 spiro atoms. The van der Waals surface area contributed by atoms with Gasteiger partial charge in [0.1, 0.15) is 11.5 Å². The van der Waals surface area contributed by atoms with Crippen LogP contribution in [0.25, 0.3) is 10.8 Å². The molecule has 1 aliphatic carbocycles. The molecule has 0 amide bonds. The minimum absolute atomic E-state index is 0.115. The van der Waals surface area contributed by atoms with Crippen molar-refractivity contribution in [2.45, 2.75) is 51.7 Å². The summed E-state index contributed by atoms with van der Waals surface area (Å²) < 4.78 is 16.8. The van der Waals surface area contributed by atoms with Gasteiger partial charge in [-0.3, -0.25) is 9.59 Å². The third-order valence-corrected chi connectivity index (χ3v) is 5.62. The number of epoxide rings is 1. The molecule has 4 atom stereocenters. The maximum atomic E-state index is 12.6. The van der Waals surface area contributed by atoms with Crippen LogP contribution in [-0.4, -0.2) is 24.1 Å². The Morgan fingerprint density at radius 2 is 1.70 bits per heavy atom. The quantitative estimate of drug-likeness (QED) is 0.448. The molecule has 0 N–H and O–H groups in total. The first-order chi connectivity index (χ1) is 13.1. The molecule has 2 aromatic rings. The largest absolute Gasteiger partial charge is 0.426 e. The van der Waals surface area contributed by atoms with E-state index in [1.165, 1.54) is 0 Å². The van der Waals surface area contributed by atoms with E-state index in [0.29, 0.717) is 17.6 Å². The lowest BCUT2D eigenvalue weighted by Crippen LogP contribution is -2.25. The standard InChI is InChI=1S/C22H24O5/c1-3-13(2)21(23)26-17-8-4-7-16-15(17)6-5-9-18(16)27-22(24)14-10-11-19-20(12-14)25-19/h4-9,13-14,19-20H,3,10-12H2,1-2H3. The average molecular weight is 368 g/mol. The van der Waals surface area contributed by atoms with Gasteiger partial charge in [0.25, 0.3) is 0 Å². The van der Waals surface area contributed by atoms with Gasteiger partial charge in [-0.1, -0.05) is 38.1 Å². The van der Waals surface area contributed by atoms with Gasteiger partial charge in [-0.05, 0) is 37.8 Å². The Balaban J connectivity index is 1.55. The summed E-state index contributed by atoms with van der Waals surface area (Å²) in [6.45, 7) is 3.80. The molecule has 5 heteroatoms. The predicted molar refractivity (Wildman–Crippen MR) is 101 cm³/mol. The molecule has 1 saturated heterocycles. The van der Waals surface area contributed by atoms with Crippen molar-refractivity contribution in [2.75, 3.05) is 0 Å². The molecule has 1 aliphatic heterocycles. The van der Waals surface area contributed by atoms with Crippen molar-refractivity contribution >= 4 is 22.7 Å². The number of esters is 2. The molecule has 142 valence electrons. The Kier molecular flexibility index (Phi) is 4.87. The Morgan fingerprint density at radius 3 is 2.33 bits per heavy atom. The maximum Gasteiger partial charge on any atom is 0.314 e. The lowest BCUT2D eigenvalue weighted by atomic mass is 9.89. The van der Waals surface area contributed by atoms with Crippen LogP contribution < -0.4 is 9.47 Å². The summed E-state index contributed by atoms with van der Waals surface area (Å²) in [6.07, 6.45) is 3.79. The van der Waals surface area contributed by atoms with Gasteiger partial charge in [-0.15, -0.1) is 0 Å². The molecule has 1 saturated carbocycles. The van der Waals surface area contributed by atoms with Crippen molar-refractivity contribution in [3.63, 3.8) is 0 Å². The van der Waals surface area contributed by atoms with Crippen LogP contribution in [0.15, 0.2) is 36.4 Å². The van der Waals surface area contributed by atoms with Crippen molar-refractivity contribution in [1.82, 2.24) is 0 Å². The first-order valence-electron chi connectivity index (χ1n) is 9.67. The van der Waals surface area contributed by atoms with Crippen molar-refractivity contribution in [1.29, 1.82) is 0 Å². The van der Waals surface area contributed by atoms with Gasteiger partial charge in [0.05, 0.1) is 24.0 Å². The average Bonchev–Trinajstić information content (AvgIpc) is 3.46. The molecule has 5 nitrogen and oxygen atoms in total. The van der Waals surface area contributed by atoms with E-state index in [1.54, 1.807) is 12.1 Å². The summed E-state index contributed by atoms with van der Waals surface area (Å²) in [7, 11) is 0. The molecule has 2 aromatic carbocycles. The molecule has 27 heavy (non-hydrogen) atoms. The van der Waals surface area contributed by atoms with Gasteiger partial charge in [0.2, 0.25) is 0 Å². The highest BCUT2D eigenvalue weighted by Crippen LogP contribution is 2.40. The van der Waals surface area contributed by atoms with Gasteiger partial charge in [-0.25, -0.2) is 0 Å². The SMILES string of the molecule is CCC(C)C(=O)Oc1cccc2c(OC(=O)C3CCC4OC4C3)cccc12. The predicted octanol–water partition coefficient (Wildman–Crippen LogP) is 4.26. The Morgan fingerprint density at radius 1 is 1.04 bits per heavy atom. The summed E-state index contributed by atoms with van der Waals surface area (Å²) in [5.74, 6) is 0.240. The molecule has 2 aliphatic rings. The van der Waals surface area contributed by atoms with Crippen LogP contribution >= 0.6 is 0 Å². The summed E-state index contributed by atoms with van der Waals surface area (Å²) in [4.78, 5) is 24.8. The fourth-order valence-corrected chi connectivity index (χ4v) is 3.62. The van der Waals surface area contributed by atoms with Gasteiger partial charge in [0.15, 0.2) is 0 Å². The molecule has 0 aromatic heterocycles. The van der Waals surface area contributed by atoms with Crippen LogP contribution in [0.2, 0.25) is 0 Å². The van der Waals surface area contributed by atoms with E-state index in [4.69, 9.17) is 14.2 Å². The van der Waals surface area contributed by atoms with Crippen LogP contribution in [0.1, 0.15) is 39.5 Å². The van der Waals surface area contributed by atoms with Gasteiger partial charge >= 0.3 is 11.9 Å². The Bertz CT molecular complexity index is 874. The van der Waals surface area contributed by atoms with Crippen molar-refractivity contribution in [3.05, 3.63) is 36.4 Å². The second-order valence-electron chi connectivity index (χ2n) is 7.48. The van der Waals surface area contributed by atoms with Crippen LogP contribution in [0, 0.1) is 11.8 Å². The number of fused-ring (bicyclic) bond motifs is 2. The summed E-state index contributed by atoms with van der Waals surface area (Å²) >= 11 is 0. The van der Waals surface area contributed by atoms with E-state index in [0.717, 1.165) is 36.5 Å². The molecule has 1 heterocycles. The topological polar surface area (TPSA) is 65.1 Å². The van der Waals surface area contributed by atoms with E-state index in [-0.39, 0.29) is 29.9 Å². The van der Waals surface area contributed by atoms with E-state index >= 15 is 0 Å². The number of carbonyl (C=O) groups is 2. The summed E-state index contributed by atoms with van der Waals surface area (Å²) in [6, 6.07) is 10.9. The van der Waals surface area contributed by atoms with Gasteiger partial charge < -0.3 is 14.2 Å². The van der Waals surface area contributed by atoms with Gasteiger partial charge in [-0.2, -0.15) is 0 Å². The first-order valence-corrected chi connectivity index (χ1v) is 9.67. The second-order valence-corrected chi connectivity index (χ2v) is 7.48. The highest BCUT2D eigenvalue weighted by Gasteiger charge is 2.46. The number of ether oxygens (including phenoxy) is 3. The van der Waals surface area contributed by atoms with Crippen molar-refractivity contribution in [3.8, 4) is 11.5 Å². The van der Waals surface area contributed by atoms with E-state index < -0.39 is 0 Å². The van der Waals surface area contributed by atoms with Crippen LogP contribution in [0.5, 0.6) is 11.5 Å². The van der Waals surface area contributed by atoms with Crippen LogP contribution in [0.3, 0.4) is 0 Å². The minimum atomic E-state index is -0.256. The monoisotopic (exact) mass is 368 g/mol. The van der Waals surface area contributed by atoms with E-state index in [2.05, 4.69) is 0 Å². The number of carbonyl (C=O) groups excluding carboxylic acids is 2. The third-order valence-electron chi connectivity index (χ3n) is 5.62. The van der Waals surface area contributed by atoms with Gasteiger partial charge in [0, 0.05) is 10.8 Å². The van der Waals surface area contributed by atoms with E-state index in [9.17, 15) is 9.59 Å². The lowest BCUT2D eigenvalue weighted by Gasteiger charge is -2.18. The molecule has 4 unspecified atom stereocenters. The molecule has 0 radical (unpaired) electrons. The number of benzene rings is 2. The van der Waals surface area contributed by atoms with E-state index in [1.807, 2.05) is 38.1 Å². The van der Waals surface area contributed by atoms with Crippen LogP contribution in [-0.2, 0) is 14.3 Å². The van der Waals surface area contributed by atoms with Crippen LogP contribution in [0.4, 0.5) is 0 Å². The van der Waals surface area contributed by atoms with Crippen molar-refractivity contribution < 1.29 is 23.8 Å². The zero-order chi connectivity index (χ0) is 19.0. The Labute approximate surface area is 158 Å². The zero-order valence-corrected chi connectivity index (χ0v) is 15.6. The Hall–Kier alpha value is -2.40. The summed E-state index contributed by atoms with van der Waals surface area (Å²) in [5, 5.41) is 1.52. The highest BCUT2D eigenvalue weighted by atomic mass is 16.6. The highest BCUT2D eigenvalue weighted by molar-refractivity contribution is 5.96. The second kappa shape index (κ2) is 7.31. The van der Waals surface area contributed by atoms with Crippen molar-refractivity contribution in [2.24, 2.45) is 11.8 Å². The molecular formula is C22H24O5. The number of hydrogen-bond acceptors (Lipinski definition) is 5. The molecule has 4 rings (SSSR count). The fourth-order valence-electron chi connectivity index (χ4n) is 3.62. The fraction of sp³-hybridized carbons (Fsp3) is 0.455. The molecular weight excluding hydrogens is 344 g/mol. The smallest absolute Gasteiger partial charge is 0.314 e. The molecule has 2 fully saturated rings. The minimum Gasteiger partial charge on any atom is -0.426 e. The normalized spacial score (nSPS) is 24.7. The first kappa shape index (κ1) is 18.0.